The highest BCUT2D eigenvalue weighted by molar-refractivity contribution is 7.18. The molecular weight excluding hydrogens is 498 g/mol. The van der Waals surface area contributed by atoms with Gasteiger partial charge in [0.15, 0.2) is 5.01 Å². The van der Waals surface area contributed by atoms with Crippen LogP contribution in [0.4, 0.5) is 10.8 Å². The van der Waals surface area contributed by atoms with Crippen LogP contribution in [0.2, 0.25) is 0 Å². The van der Waals surface area contributed by atoms with E-state index < -0.39 is 0 Å². The number of rotatable bonds is 5. The lowest BCUT2D eigenvalue weighted by Gasteiger charge is -2.49. The first-order valence-electron chi connectivity index (χ1n) is 12.9. The molecule has 0 radical (unpaired) electrons. The van der Waals surface area contributed by atoms with Crippen LogP contribution in [-0.4, -0.2) is 66.8 Å². The van der Waals surface area contributed by atoms with Crippen LogP contribution in [0.5, 0.6) is 0 Å². The summed E-state index contributed by atoms with van der Waals surface area (Å²) in [6, 6.07) is 10.5. The molecule has 1 N–H and O–H groups in total. The number of piperidine rings is 1. The minimum absolute atomic E-state index is 0.171. The number of nitrogens with zero attached hydrogens (tertiary/aromatic N) is 8. The van der Waals surface area contributed by atoms with E-state index in [1.54, 1.807) is 29.0 Å². The molecule has 2 saturated heterocycles. The van der Waals surface area contributed by atoms with E-state index in [-0.39, 0.29) is 24.0 Å². The molecule has 2 aliphatic heterocycles. The average Bonchev–Trinajstić information content (AvgIpc) is 3.55. The molecule has 4 aromatic heterocycles. The first kappa shape index (κ1) is 24.3. The van der Waals surface area contributed by atoms with E-state index in [2.05, 4.69) is 50.3 Å². The maximum atomic E-state index is 12.2. The second-order valence-electron chi connectivity index (χ2n) is 10.3. The lowest BCUT2D eigenvalue weighted by molar-refractivity contribution is -0.136. The quantitative estimate of drug-likeness (QED) is 0.411. The van der Waals surface area contributed by atoms with Gasteiger partial charge < -0.3 is 15.1 Å². The summed E-state index contributed by atoms with van der Waals surface area (Å²) in [5.74, 6) is 0.171. The van der Waals surface area contributed by atoms with Crippen LogP contribution in [-0.2, 0) is 4.79 Å². The molecule has 38 heavy (non-hydrogen) atoms. The third kappa shape index (κ3) is 4.35. The number of piperazine rings is 1. The summed E-state index contributed by atoms with van der Waals surface area (Å²) >= 11 is 1.56. The Morgan fingerprint density at radius 1 is 1.16 bits per heavy atom. The van der Waals surface area contributed by atoms with E-state index in [0.717, 1.165) is 64.2 Å². The SMILES string of the molecule is CC(=O)N1C2CCCC1CN(c1nnc(-c3cnc(-c4ccc5cc(C#N)cnn45)cc3NC(C)C)s1)C2. The Balaban J connectivity index is 1.32. The molecule has 2 aliphatic rings. The molecule has 0 saturated carbocycles. The Hall–Kier alpha value is -4.04. The molecule has 4 aromatic rings. The fourth-order valence-electron chi connectivity index (χ4n) is 5.68. The summed E-state index contributed by atoms with van der Waals surface area (Å²) in [7, 11) is 0. The Morgan fingerprint density at radius 3 is 2.66 bits per heavy atom. The van der Waals surface area contributed by atoms with Gasteiger partial charge in [0.1, 0.15) is 6.07 Å². The van der Waals surface area contributed by atoms with Crippen LogP contribution in [0.3, 0.4) is 0 Å². The van der Waals surface area contributed by atoms with Crippen LogP contribution < -0.4 is 10.2 Å². The van der Waals surface area contributed by atoms with Gasteiger partial charge in [-0.1, -0.05) is 11.3 Å². The topological polar surface area (TPSA) is 115 Å². The van der Waals surface area contributed by atoms with Gasteiger partial charge in [-0.15, -0.1) is 10.2 Å². The minimum Gasteiger partial charge on any atom is -0.382 e. The van der Waals surface area contributed by atoms with Crippen LogP contribution in [0.25, 0.3) is 27.5 Å². The highest BCUT2D eigenvalue weighted by atomic mass is 32.1. The van der Waals surface area contributed by atoms with Crippen LogP contribution in [0.1, 0.15) is 45.6 Å². The molecule has 2 atom stereocenters. The zero-order valence-electron chi connectivity index (χ0n) is 21.6. The van der Waals surface area contributed by atoms with Gasteiger partial charge in [-0.05, 0) is 57.4 Å². The van der Waals surface area contributed by atoms with Gasteiger partial charge in [0.05, 0.1) is 34.2 Å². The predicted molar refractivity (Wildman–Crippen MR) is 147 cm³/mol. The number of fused-ring (bicyclic) bond motifs is 3. The minimum atomic E-state index is 0.171. The fourth-order valence-corrected chi connectivity index (χ4v) is 6.57. The molecule has 2 unspecified atom stereocenters. The molecule has 0 spiro atoms. The van der Waals surface area contributed by atoms with Crippen molar-refractivity contribution >= 4 is 33.6 Å². The first-order valence-corrected chi connectivity index (χ1v) is 13.8. The Kier molecular flexibility index (Phi) is 6.19. The van der Waals surface area contributed by atoms with Crippen molar-refractivity contribution < 1.29 is 4.79 Å². The molecule has 0 aromatic carbocycles. The van der Waals surface area contributed by atoms with Crippen molar-refractivity contribution in [1.29, 1.82) is 5.26 Å². The molecule has 2 bridgehead atoms. The highest BCUT2D eigenvalue weighted by Crippen LogP contribution is 2.38. The largest absolute Gasteiger partial charge is 0.382 e. The van der Waals surface area contributed by atoms with Gasteiger partial charge in [0.25, 0.3) is 0 Å². The van der Waals surface area contributed by atoms with Crippen molar-refractivity contribution in [3.05, 3.63) is 42.2 Å². The molecule has 194 valence electrons. The predicted octanol–water partition coefficient (Wildman–Crippen LogP) is 4.20. The molecule has 2 fully saturated rings. The second kappa shape index (κ2) is 9.68. The van der Waals surface area contributed by atoms with Crippen LogP contribution in [0, 0.1) is 11.3 Å². The van der Waals surface area contributed by atoms with Crippen molar-refractivity contribution in [3.8, 4) is 28.0 Å². The number of amides is 1. The highest BCUT2D eigenvalue weighted by Gasteiger charge is 2.39. The zero-order chi connectivity index (χ0) is 26.4. The third-order valence-corrected chi connectivity index (χ3v) is 8.26. The zero-order valence-corrected chi connectivity index (χ0v) is 22.4. The van der Waals surface area contributed by atoms with Gasteiger partial charge in [-0.3, -0.25) is 9.78 Å². The van der Waals surface area contributed by atoms with Crippen molar-refractivity contribution in [2.45, 2.75) is 58.2 Å². The smallest absolute Gasteiger partial charge is 0.220 e. The van der Waals surface area contributed by atoms with Gasteiger partial charge in [-0.2, -0.15) is 10.4 Å². The number of nitriles is 1. The average molecular weight is 528 g/mol. The van der Waals surface area contributed by atoms with Gasteiger partial charge in [-0.25, -0.2) is 4.52 Å². The summed E-state index contributed by atoms with van der Waals surface area (Å²) in [6.07, 6.45) is 6.64. The number of hydrogen-bond acceptors (Lipinski definition) is 9. The second-order valence-corrected chi connectivity index (χ2v) is 11.2. The number of carbonyl (C=O) groups is 1. The molecule has 6 rings (SSSR count). The van der Waals surface area contributed by atoms with Crippen molar-refractivity contribution in [2.75, 3.05) is 23.3 Å². The van der Waals surface area contributed by atoms with Crippen LogP contribution in [0.15, 0.2) is 36.7 Å². The fraction of sp³-hybridized carbons (Fsp3) is 0.407. The van der Waals surface area contributed by atoms with Gasteiger partial charge >= 0.3 is 0 Å². The van der Waals surface area contributed by atoms with E-state index >= 15 is 0 Å². The summed E-state index contributed by atoms with van der Waals surface area (Å²) < 4.78 is 1.79. The monoisotopic (exact) mass is 527 g/mol. The lowest BCUT2D eigenvalue weighted by atomic mass is 9.91. The number of anilines is 2. The van der Waals surface area contributed by atoms with E-state index in [4.69, 9.17) is 4.98 Å². The summed E-state index contributed by atoms with van der Waals surface area (Å²) in [4.78, 5) is 21.4. The standard InChI is InChI=1S/C27H29N9OS/c1-16(2)31-23-10-24(25-8-7-19-9-18(11-28)12-30-36(19)25)29-13-22(23)26-32-33-27(38-26)34-14-20-5-4-6-21(15-34)35(20)17(3)37/h7-10,12-13,16,20-21H,4-6,14-15H2,1-3H3,(H,29,31). The van der Waals surface area contributed by atoms with Gasteiger partial charge in [0.2, 0.25) is 11.0 Å². The molecule has 0 aliphatic carbocycles. The Bertz CT molecular complexity index is 1540. The normalized spacial score (nSPS) is 19.1. The Labute approximate surface area is 224 Å². The van der Waals surface area contributed by atoms with E-state index in [9.17, 15) is 10.1 Å². The van der Waals surface area contributed by atoms with E-state index in [0.29, 0.717) is 5.56 Å². The lowest BCUT2D eigenvalue weighted by Crippen LogP contribution is -2.62. The number of pyridine rings is 1. The summed E-state index contributed by atoms with van der Waals surface area (Å²) in [5, 5.41) is 28.0. The van der Waals surface area contributed by atoms with Crippen LogP contribution >= 0.6 is 11.3 Å². The Morgan fingerprint density at radius 2 is 1.95 bits per heavy atom. The summed E-state index contributed by atoms with van der Waals surface area (Å²) in [6.45, 7) is 7.46. The summed E-state index contributed by atoms with van der Waals surface area (Å²) in [5.41, 5.74) is 4.80. The third-order valence-electron chi connectivity index (χ3n) is 7.24. The molecular formula is C27H29N9OS. The van der Waals surface area contributed by atoms with Crippen molar-refractivity contribution in [1.82, 2.24) is 29.7 Å². The van der Waals surface area contributed by atoms with Gasteiger partial charge in [0, 0.05) is 50.0 Å². The molecule has 1 amide bonds. The number of carbonyl (C=O) groups excluding carboxylic acids is 1. The molecule has 10 nitrogen and oxygen atoms in total. The van der Waals surface area contributed by atoms with Crippen molar-refractivity contribution in [3.63, 3.8) is 0 Å². The first-order chi connectivity index (χ1) is 18.4. The number of nitrogens with one attached hydrogen (secondary N) is 1. The maximum absolute atomic E-state index is 12.2. The molecule has 6 heterocycles. The van der Waals surface area contributed by atoms with E-state index in [1.807, 2.05) is 30.5 Å². The van der Waals surface area contributed by atoms with Crippen molar-refractivity contribution in [2.24, 2.45) is 0 Å². The number of aromatic nitrogens is 5. The van der Waals surface area contributed by atoms with E-state index in [1.165, 1.54) is 6.42 Å². The maximum Gasteiger partial charge on any atom is 0.220 e. The molecule has 11 heteroatoms. The number of hydrogen-bond donors (Lipinski definition) is 1.